The smallest absolute Gasteiger partial charge is 0.329 e. The van der Waals surface area contributed by atoms with Crippen molar-refractivity contribution in [2.45, 2.75) is 187 Å². The molecule has 0 radical (unpaired) electrons. The van der Waals surface area contributed by atoms with Gasteiger partial charge in [0, 0.05) is 51.5 Å². The zero-order valence-electron chi connectivity index (χ0n) is 43.1. The molecule has 0 spiro atoms. The second-order valence-electron chi connectivity index (χ2n) is 20.4. The third-order valence-corrected chi connectivity index (χ3v) is 15.0. The number of Topliss-reactive ketones (excluding diaryl/α,β-unsaturated/α-hetero) is 3. The van der Waals surface area contributed by atoms with Gasteiger partial charge in [0.25, 0.3) is 11.7 Å². The fourth-order valence-corrected chi connectivity index (χ4v) is 10.6. The fourth-order valence-electron chi connectivity index (χ4n) is 10.6. The second kappa shape index (κ2) is 28.0. The number of fused-ring (bicyclic) bond motifs is 3. The van der Waals surface area contributed by atoms with Gasteiger partial charge in [-0.15, -0.1) is 0 Å². The Bertz CT molecular complexity index is 1830. The zero-order chi connectivity index (χ0) is 51.0. The number of aliphatic hydroxyl groups excluding tert-OH is 2. The lowest BCUT2D eigenvalue weighted by Gasteiger charge is -2.42. The Morgan fingerprint density at radius 3 is 2.33 bits per heavy atom. The number of ether oxygens (including phenoxy) is 6. The summed E-state index contributed by atoms with van der Waals surface area (Å²) < 4.78 is 35.8. The Morgan fingerprint density at radius 2 is 1.65 bits per heavy atom. The maximum atomic E-state index is 14.4. The summed E-state index contributed by atoms with van der Waals surface area (Å²) in [5, 5.41) is 32.8. The van der Waals surface area contributed by atoms with E-state index in [1.165, 1.54) is 12.0 Å². The predicted octanol–water partition coefficient (Wildman–Crippen LogP) is 6.59. The number of amides is 1. The minimum atomic E-state index is -2.40. The molecule has 15 nitrogen and oxygen atoms in total. The monoisotopic (exact) mass is 972 g/mol. The second-order valence-corrected chi connectivity index (χ2v) is 20.4. The van der Waals surface area contributed by atoms with Gasteiger partial charge < -0.3 is 48.6 Å². The molecule has 69 heavy (non-hydrogen) atoms. The topological polar surface area (TPSA) is 205 Å². The molecule has 1 unspecified atom stereocenters. The van der Waals surface area contributed by atoms with E-state index in [0.29, 0.717) is 70.0 Å². The minimum absolute atomic E-state index is 0.0724. The van der Waals surface area contributed by atoms with E-state index in [-0.39, 0.29) is 80.2 Å². The number of allylic oxidation sites excluding steroid dienone is 5. The van der Waals surface area contributed by atoms with Crippen LogP contribution in [-0.4, -0.2) is 145 Å². The molecule has 4 rings (SSSR count). The SMILES string of the molecule is CCOC1C=CC=C/C(C)=C/C[C@@H]2CC[C@@H](C)[C@@](O)(O2)C(=O)C(=O)N2CCCC[C@H]2C(=O)O[C@H]([C@H](C)C[C@@H]2CC[C@@H](OCCO)[C@H](OC)C2)CC(=O)[C@H](C)/C=C(\C)[C@@H](O)[C@@H](OC)C(=O)[C@H](C)C[C@H]1C. The van der Waals surface area contributed by atoms with Gasteiger partial charge in [-0.3, -0.25) is 19.2 Å². The highest BCUT2D eigenvalue weighted by Crippen LogP contribution is 2.37. The van der Waals surface area contributed by atoms with Crippen LogP contribution in [0.25, 0.3) is 0 Å². The fraction of sp³-hybridized carbons (Fsp3) is 0.759. The van der Waals surface area contributed by atoms with Crippen molar-refractivity contribution in [3.63, 3.8) is 0 Å². The number of aliphatic hydroxyl groups is 3. The van der Waals surface area contributed by atoms with Crippen molar-refractivity contribution in [2.75, 3.05) is 40.6 Å². The van der Waals surface area contributed by atoms with E-state index in [1.54, 1.807) is 34.0 Å². The molecule has 15 heteroatoms. The summed E-state index contributed by atoms with van der Waals surface area (Å²) in [5.74, 6) is -8.03. The molecule has 3 heterocycles. The number of ketones is 3. The molecule has 0 aromatic heterocycles. The van der Waals surface area contributed by atoms with Crippen LogP contribution in [0.4, 0.5) is 0 Å². The number of cyclic esters (lactones) is 1. The highest BCUT2D eigenvalue weighted by atomic mass is 16.6. The lowest BCUT2D eigenvalue weighted by molar-refractivity contribution is -0.262. The standard InChI is InChI=1S/C54H85NO14/c1-11-66-44-18-13-12-16-33(2)19-22-41-23-20-39(8)54(63,69-41)51(60)52(61)55-25-15-14-17-42(55)53(62)68-46(36(5)30-40-21-24-45(67-27-26-56)47(31-40)64-9)32-43(57)34(3)28-37(6)48(58)50(65-10)49(59)38(7)29-35(44)4/h12-13,16,18-19,28,34-36,38-42,44-48,50,56,58,63H,11,14-15,17,20-27,29-32H2,1-10H3/b16-12?,18-13?,33-19+,37-28+/t34-,35-,36-,38-,39-,40+,41-,42+,44?,45-,46+,47-,48-,50-,54-/m1/s1. The molecule has 3 fully saturated rings. The Morgan fingerprint density at radius 1 is 0.913 bits per heavy atom. The quantitative estimate of drug-likeness (QED) is 0.120. The van der Waals surface area contributed by atoms with Gasteiger partial charge in [-0.2, -0.15) is 0 Å². The molecule has 1 saturated carbocycles. The molecule has 2 saturated heterocycles. The van der Waals surface area contributed by atoms with Gasteiger partial charge in [-0.25, -0.2) is 4.79 Å². The van der Waals surface area contributed by atoms with E-state index in [0.717, 1.165) is 12.0 Å². The summed E-state index contributed by atoms with van der Waals surface area (Å²) in [6.07, 6.45) is 12.3. The van der Waals surface area contributed by atoms with E-state index in [2.05, 4.69) is 0 Å². The minimum Gasteiger partial charge on any atom is -0.460 e. The van der Waals surface area contributed by atoms with Crippen LogP contribution in [0.1, 0.15) is 132 Å². The number of nitrogens with zero attached hydrogens (tertiary/aromatic N) is 1. The van der Waals surface area contributed by atoms with Gasteiger partial charge in [0.1, 0.15) is 30.1 Å². The molecule has 390 valence electrons. The molecule has 0 aromatic carbocycles. The summed E-state index contributed by atoms with van der Waals surface area (Å²) in [7, 11) is 3.01. The van der Waals surface area contributed by atoms with Gasteiger partial charge in [-0.1, -0.05) is 76.6 Å². The average molecular weight is 972 g/mol. The lowest BCUT2D eigenvalue weighted by Crippen LogP contribution is -2.60. The maximum Gasteiger partial charge on any atom is 0.329 e. The Balaban J connectivity index is 1.70. The van der Waals surface area contributed by atoms with Crippen molar-refractivity contribution in [2.24, 2.45) is 35.5 Å². The Labute approximate surface area is 411 Å². The van der Waals surface area contributed by atoms with E-state index in [4.69, 9.17) is 28.4 Å². The van der Waals surface area contributed by atoms with Crippen LogP contribution in [0.5, 0.6) is 0 Å². The molecule has 3 N–H and O–H groups in total. The molecule has 1 amide bonds. The summed E-state index contributed by atoms with van der Waals surface area (Å²) in [4.78, 5) is 72.2. The van der Waals surface area contributed by atoms with Crippen LogP contribution in [0.15, 0.2) is 47.6 Å². The largest absolute Gasteiger partial charge is 0.460 e. The van der Waals surface area contributed by atoms with Crippen LogP contribution in [0.3, 0.4) is 0 Å². The first-order chi connectivity index (χ1) is 32.8. The van der Waals surface area contributed by atoms with Crippen molar-refractivity contribution in [1.82, 2.24) is 4.90 Å². The predicted molar refractivity (Wildman–Crippen MR) is 261 cm³/mol. The van der Waals surface area contributed by atoms with Crippen LogP contribution in [-0.2, 0) is 52.4 Å². The number of rotatable bonds is 10. The molecular formula is C54H85NO14. The van der Waals surface area contributed by atoms with Crippen LogP contribution in [0, 0.1) is 35.5 Å². The van der Waals surface area contributed by atoms with E-state index >= 15 is 0 Å². The number of methoxy groups -OCH3 is 2. The van der Waals surface area contributed by atoms with Crippen molar-refractivity contribution < 1.29 is 67.7 Å². The number of carbonyl (C=O) groups excluding carboxylic acids is 5. The molecule has 0 aromatic rings. The summed E-state index contributed by atoms with van der Waals surface area (Å²) in [5.41, 5.74) is 1.29. The number of piperidine rings is 1. The van der Waals surface area contributed by atoms with Crippen LogP contribution < -0.4 is 0 Å². The van der Waals surface area contributed by atoms with Gasteiger partial charge in [0.2, 0.25) is 5.79 Å². The van der Waals surface area contributed by atoms with E-state index < -0.39 is 71.7 Å². The molecule has 4 aliphatic rings. The van der Waals surface area contributed by atoms with Gasteiger partial charge >= 0.3 is 5.97 Å². The maximum absolute atomic E-state index is 14.4. The first kappa shape index (κ1) is 58.2. The average Bonchev–Trinajstić information content (AvgIpc) is 3.33. The summed E-state index contributed by atoms with van der Waals surface area (Å²) in [6.45, 7) is 15.3. The third-order valence-electron chi connectivity index (χ3n) is 15.0. The number of hydrogen-bond donors (Lipinski definition) is 3. The molecule has 15 atom stereocenters. The van der Waals surface area contributed by atoms with E-state index in [9.17, 15) is 39.3 Å². The Kier molecular flexibility index (Phi) is 23.6. The highest BCUT2D eigenvalue weighted by Gasteiger charge is 2.53. The van der Waals surface area contributed by atoms with Gasteiger partial charge in [0.15, 0.2) is 5.78 Å². The van der Waals surface area contributed by atoms with Crippen LogP contribution in [0.2, 0.25) is 0 Å². The number of hydrogen-bond acceptors (Lipinski definition) is 14. The van der Waals surface area contributed by atoms with Crippen LogP contribution >= 0.6 is 0 Å². The summed E-state index contributed by atoms with van der Waals surface area (Å²) >= 11 is 0. The first-order valence-electron chi connectivity index (χ1n) is 25.6. The third kappa shape index (κ3) is 16.0. The van der Waals surface area contributed by atoms with Crippen molar-refractivity contribution in [1.29, 1.82) is 0 Å². The van der Waals surface area contributed by atoms with Gasteiger partial charge in [0.05, 0.1) is 37.6 Å². The molecule has 3 aliphatic heterocycles. The zero-order valence-corrected chi connectivity index (χ0v) is 43.1. The Hall–Kier alpha value is -3.41. The summed E-state index contributed by atoms with van der Waals surface area (Å²) in [6, 6.07) is -1.13. The van der Waals surface area contributed by atoms with Crippen molar-refractivity contribution in [3.8, 4) is 0 Å². The molecule has 2 bridgehead atoms. The van der Waals surface area contributed by atoms with Gasteiger partial charge in [-0.05, 0) is 115 Å². The lowest BCUT2D eigenvalue weighted by atomic mass is 9.78. The highest BCUT2D eigenvalue weighted by molar-refractivity contribution is 6.39. The van der Waals surface area contributed by atoms with E-state index in [1.807, 2.05) is 65.0 Å². The number of carbonyl (C=O) groups is 5. The molecule has 1 aliphatic carbocycles. The first-order valence-corrected chi connectivity index (χ1v) is 25.6. The number of esters is 1. The van der Waals surface area contributed by atoms with Crippen molar-refractivity contribution in [3.05, 3.63) is 47.6 Å². The van der Waals surface area contributed by atoms with Crippen molar-refractivity contribution >= 4 is 29.2 Å². The normalized spacial score (nSPS) is 37.8. The molecular weight excluding hydrogens is 887 g/mol.